The van der Waals surface area contributed by atoms with Gasteiger partial charge >= 0.3 is 0 Å². The van der Waals surface area contributed by atoms with Crippen LogP contribution in [-0.4, -0.2) is 5.11 Å². The van der Waals surface area contributed by atoms with Gasteiger partial charge in [-0.3, -0.25) is 0 Å². The fourth-order valence-electron chi connectivity index (χ4n) is 4.90. The van der Waals surface area contributed by atoms with Gasteiger partial charge in [-0.15, -0.1) is 0 Å². The number of aromatic hydroxyl groups is 1. The zero-order valence-corrected chi connectivity index (χ0v) is 23.8. The second-order valence-corrected chi connectivity index (χ2v) is 12.8. The Bertz CT molecular complexity index is 608. The van der Waals surface area contributed by atoms with Gasteiger partial charge in [-0.05, 0) is 39.9 Å². The molecule has 1 unspecified atom stereocenters. The first-order valence-corrected chi connectivity index (χ1v) is 14.4. The average Bonchev–Trinajstić information content (AvgIpc) is 2.72. The molecule has 0 fully saturated rings. The van der Waals surface area contributed by atoms with E-state index >= 15 is 0 Å². The average molecular weight is 459 g/mol. The number of benzene rings is 1. The molecule has 0 radical (unpaired) electrons. The fourth-order valence-corrected chi connectivity index (χ4v) is 4.90. The topological polar surface area (TPSA) is 20.2 Å². The molecule has 33 heavy (non-hydrogen) atoms. The Morgan fingerprint density at radius 2 is 0.939 bits per heavy atom. The number of rotatable bonds is 16. The summed E-state index contributed by atoms with van der Waals surface area (Å²) in [6.45, 7) is 17.9. The van der Waals surface area contributed by atoms with E-state index in [2.05, 4.69) is 67.5 Å². The molecule has 0 bridgehead atoms. The summed E-state index contributed by atoms with van der Waals surface area (Å²) in [6.07, 6.45) is 21.0. The number of phenols is 1. The molecule has 0 aliphatic heterocycles. The molecule has 0 amide bonds. The molecule has 0 saturated carbocycles. The lowest BCUT2D eigenvalue weighted by molar-refractivity contribution is 0.422. The Labute approximate surface area is 208 Å². The summed E-state index contributed by atoms with van der Waals surface area (Å²) in [5.41, 5.74) is 3.50. The van der Waals surface area contributed by atoms with Gasteiger partial charge in [0.25, 0.3) is 0 Å². The van der Waals surface area contributed by atoms with Crippen molar-refractivity contribution in [3.63, 3.8) is 0 Å². The highest BCUT2D eigenvalue weighted by atomic mass is 16.3. The van der Waals surface area contributed by atoms with E-state index in [0.29, 0.717) is 11.7 Å². The van der Waals surface area contributed by atoms with Gasteiger partial charge < -0.3 is 5.11 Å². The Balaban J connectivity index is 2.33. The molecule has 0 aliphatic rings. The highest BCUT2D eigenvalue weighted by Crippen LogP contribution is 2.41. The molecule has 1 N–H and O–H groups in total. The van der Waals surface area contributed by atoms with Crippen LogP contribution in [0.2, 0.25) is 0 Å². The van der Waals surface area contributed by atoms with Crippen molar-refractivity contribution >= 4 is 0 Å². The van der Waals surface area contributed by atoms with Crippen molar-refractivity contribution in [3.05, 3.63) is 28.8 Å². The van der Waals surface area contributed by atoms with Crippen LogP contribution in [0.1, 0.15) is 174 Å². The zero-order valence-electron chi connectivity index (χ0n) is 23.8. The van der Waals surface area contributed by atoms with Crippen molar-refractivity contribution in [1.29, 1.82) is 0 Å². The molecule has 1 heteroatoms. The second kappa shape index (κ2) is 15.1. The minimum atomic E-state index is -0.0468. The van der Waals surface area contributed by atoms with Crippen LogP contribution in [-0.2, 0) is 10.8 Å². The predicted molar refractivity (Wildman–Crippen MR) is 149 cm³/mol. The van der Waals surface area contributed by atoms with Crippen molar-refractivity contribution in [2.45, 2.75) is 168 Å². The Hall–Kier alpha value is -0.980. The molecular weight excluding hydrogens is 400 g/mol. The number of unbranched alkanes of at least 4 members (excludes halogenated alkanes) is 13. The molecule has 0 heterocycles. The summed E-state index contributed by atoms with van der Waals surface area (Å²) in [4.78, 5) is 0. The summed E-state index contributed by atoms with van der Waals surface area (Å²) >= 11 is 0. The van der Waals surface area contributed by atoms with E-state index in [-0.39, 0.29) is 10.8 Å². The SMILES string of the molecule is CCCCCCCCCCCCCCCCC(C)c1cc(C(C)(C)C)c(O)c(C(C)(C)C)c1. The van der Waals surface area contributed by atoms with E-state index in [0.717, 1.165) is 11.1 Å². The Morgan fingerprint density at radius 1 is 0.606 bits per heavy atom. The maximum atomic E-state index is 11.0. The number of hydrogen-bond acceptors (Lipinski definition) is 1. The predicted octanol–water partition coefficient (Wildman–Crippen LogP) is 11.0. The highest BCUT2D eigenvalue weighted by molar-refractivity contribution is 5.50. The molecular formula is C32H58O. The maximum absolute atomic E-state index is 11.0. The van der Waals surface area contributed by atoms with E-state index in [1.165, 1.54) is 102 Å². The molecule has 1 aromatic rings. The summed E-state index contributed by atoms with van der Waals surface area (Å²) in [6, 6.07) is 4.55. The molecule has 1 rings (SSSR count). The van der Waals surface area contributed by atoms with Gasteiger partial charge in [-0.25, -0.2) is 0 Å². The van der Waals surface area contributed by atoms with Crippen LogP contribution in [0.4, 0.5) is 0 Å². The Kier molecular flexibility index (Phi) is 13.8. The first kappa shape index (κ1) is 30.1. The summed E-state index contributed by atoms with van der Waals surface area (Å²) in [5.74, 6) is 1.05. The number of hydrogen-bond donors (Lipinski definition) is 1. The standard InChI is InChI=1S/C32H58O/c1-9-10-11-12-13-14-15-16-17-18-19-20-21-22-23-26(2)27-24-28(31(3,4)5)30(33)29(25-27)32(6,7)8/h24-26,33H,9-23H2,1-8H3. The molecule has 192 valence electrons. The van der Waals surface area contributed by atoms with Crippen molar-refractivity contribution in [1.82, 2.24) is 0 Å². The maximum Gasteiger partial charge on any atom is 0.123 e. The lowest BCUT2D eigenvalue weighted by Crippen LogP contribution is -2.18. The monoisotopic (exact) mass is 458 g/mol. The van der Waals surface area contributed by atoms with Gasteiger partial charge in [0.15, 0.2) is 0 Å². The first-order chi connectivity index (χ1) is 15.5. The third kappa shape index (κ3) is 11.8. The van der Waals surface area contributed by atoms with Crippen LogP contribution in [0.15, 0.2) is 12.1 Å². The lowest BCUT2D eigenvalue weighted by atomic mass is 9.77. The molecule has 0 spiro atoms. The van der Waals surface area contributed by atoms with Crippen LogP contribution in [0.25, 0.3) is 0 Å². The Morgan fingerprint density at radius 3 is 1.27 bits per heavy atom. The quantitative estimate of drug-likeness (QED) is 0.244. The van der Waals surface area contributed by atoms with Crippen molar-refractivity contribution in [3.8, 4) is 5.75 Å². The van der Waals surface area contributed by atoms with Crippen molar-refractivity contribution < 1.29 is 5.11 Å². The largest absolute Gasteiger partial charge is 0.507 e. The van der Waals surface area contributed by atoms with Crippen molar-refractivity contribution in [2.75, 3.05) is 0 Å². The van der Waals surface area contributed by atoms with Crippen LogP contribution in [0.3, 0.4) is 0 Å². The molecule has 0 aromatic heterocycles. The van der Waals surface area contributed by atoms with E-state index in [1.54, 1.807) is 0 Å². The number of phenolic OH excluding ortho intramolecular Hbond substituents is 1. The van der Waals surface area contributed by atoms with Gasteiger partial charge in [-0.1, -0.05) is 157 Å². The summed E-state index contributed by atoms with van der Waals surface area (Å²) < 4.78 is 0. The van der Waals surface area contributed by atoms with Gasteiger partial charge in [0.05, 0.1) is 0 Å². The van der Waals surface area contributed by atoms with Gasteiger partial charge in [0, 0.05) is 0 Å². The molecule has 0 aliphatic carbocycles. The third-order valence-corrected chi connectivity index (χ3v) is 7.31. The summed E-state index contributed by atoms with van der Waals surface area (Å²) in [7, 11) is 0. The highest BCUT2D eigenvalue weighted by Gasteiger charge is 2.27. The molecule has 0 saturated heterocycles. The van der Waals surface area contributed by atoms with Gasteiger partial charge in [-0.2, -0.15) is 0 Å². The first-order valence-electron chi connectivity index (χ1n) is 14.4. The zero-order chi connectivity index (χ0) is 24.9. The van der Waals surface area contributed by atoms with Crippen LogP contribution >= 0.6 is 0 Å². The minimum absolute atomic E-state index is 0.0468. The van der Waals surface area contributed by atoms with Crippen molar-refractivity contribution in [2.24, 2.45) is 0 Å². The summed E-state index contributed by atoms with van der Waals surface area (Å²) in [5, 5.41) is 11.0. The molecule has 1 nitrogen and oxygen atoms in total. The normalized spacial score (nSPS) is 13.5. The fraction of sp³-hybridized carbons (Fsp3) is 0.812. The van der Waals surface area contributed by atoms with E-state index in [4.69, 9.17) is 0 Å². The third-order valence-electron chi connectivity index (χ3n) is 7.31. The van der Waals surface area contributed by atoms with Crippen LogP contribution in [0.5, 0.6) is 5.75 Å². The second-order valence-electron chi connectivity index (χ2n) is 12.8. The molecule has 1 atom stereocenters. The van der Waals surface area contributed by atoms with Gasteiger partial charge in [0.2, 0.25) is 0 Å². The van der Waals surface area contributed by atoms with E-state index in [1.807, 2.05) is 0 Å². The molecule has 1 aromatic carbocycles. The smallest absolute Gasteiger partial charge is 0.123 e. The van der Waals surface area contributed by atoms with Crippen LogP contribution < -0.4 is 0 Å². The lowest BCUT2D eigenvalue weighted by Gasteiger charge is -2.29. The van der Waals surface area contributed by atoms with Crippen LogP contribution in [0, 0.1) is 0 Å². The minimum Gasteiger partial charge on any atom is -0.507 e. The van der Waals surface area contributed by atoms with E-state index < -0.39 is 0 Å². The van der Waals surface area contributed by atoms with Gasteiger partial charge in [0.1, 0.15) is 5.75 Å². The van der Waals surface area contributed by atoms with E-state index in [9.17, 15) is 5.11 Å².